The Morgan fingerprint density at radius 2 is 2.33 bits per heavy atom. The molecule has 6 heteroatoms. The Kier molecular flexibility index (Phi) is 3.43. The fourth-order valence-electron chi connectivity index (χ4n) is 1.06. The van der Waals surface area contributed by atoms with Gasteiger partial charge in [0.05, 0.1) is 6.61 Å². The van der Waals surface area contributed by atoms with Crippen LogP contribution in [0.2, 0.25) is 0 Å². The monoisotopic (exact) mass is 211 g/mol. The van der Waals surface area contributed by atoms with Crippen LogP contribution in [0.1, 0.15) is 30.4 Å². The molecule has 0 aliphatic carbocycles. The van der Waals surface area contributed by atoms with Crippen LogP contribution >= 0.6 is 0 Å². The average molecular weight is 211 g/mol. The van der Waals surface area contributed by atoms with Gasteiger partial charge in [-0.15, -0.1) is 0 Å². The second-order valence-electron chi connectivity index (χ2n) is 2.97. The molecule has 6 nitrogen and oxygen atoms in total. The van der Waals surface area contributed by atoms with Crippen LogP contribution in [-0.4, -0.2) is 28.3 Å². The topological polar surface area (TPSA) is 87.2 Å². The van der Waals surface area contributed by atoms with Crippen LogP contribution in [0.4, 0.5) is 0 Å². The number of nitrogens with two attached hydrogens (primary N) is 1. The molecule has 15 heavy (non-hydrogen) atoms. The molecule has 1 amide bonds. The first-order valence-electron chi connectivity index (χ1n) is 4.57. The van der Waals surface area contributed by atoms with Gasteiger partial charge in [-0.3, -0.25) is 9.48 Å². The summed E-state index contributed by atoms with van der Waals surface area (Å²) in [5.41, 5.74) is 5.16. The number of carbonyl (C=O) groups is 2. The number of hydrogen-bond acceptors (Lipinski definition) is 4. The molecule has 0 aliphatic heterocycles. The minimum absolute atomic E-state index is 0.131. The van der Waals surface area contributed by atoms with Gasteiger partial charge in [0, 0.05) is 6.20 Å². The van der Waals surface area contributed by atoms with E-state index in [9.17, 15) is 9.59 Å². The predicted molar refractivity (Wildman–Crippen MR) is 52.1 cm³/mol. The van der Waals surface area contributed by atoms with Crippen molar-refractivity contribution in [3.63, 3.8) is 0 Å². The summed E-state index contributed by atoms with van der Waals surface area (Å²) in [6.45, 7) is 3.67. The highest BCUT2D eigenvalue weighted by Crippen LogP contribution is 2.07. The number of nitrogens with zero attached hydrogens (tertiary/aromatic N) is 2. The molecule has 0 aromatic carbocycles. The Morgan fingerprint density at radius 3 is 2.80 bits per heavy atom. The number of hydrogen-bond donors (Lipinski definition) is 1. The summed E-state index contributed by atoms with van der Waals surface area (Å²) in [7, 11) is 0. The van der Waals surface area contributed by atoms with Gasteiger partial charge in [-0.05, 0) is 19.9 Å². The van der Waals surface area contributed by atoms with E-state index in [2.05, 4.69) is 5.10 Å². The second-order valence-corrected chi connectivity index (χ2v) is 2.97. The van der Waals surface area contributed by atoms with Crippen molar-refractivity contribution in [2.24, 2.45) is 5.73 Å². The maximum absolute atomic E-state index is 11.3. The summed E-state index contributed by atoms with van der Waals surface area (Å²) in [4.78, 5) is 22.1. The number of rotatable bonds is 4. The van der Waals surface area contributed by atoms with Crippen molar-refractivity contribution < 1.29 is 14.3 Å². The highest BCUT2D eigenvalue weighted by Gasteiger charge is 2.17. The van der Waals surface area contributed by atoms with Crippen molar-refractivity contribution >= 4 is 11.9 Å². The van der Waals surface area contributed by atoms with E-state index in [0.717, 1.165) is 0 Å². The minimum atomic E-state index is -0.621. The Balaban J connectivity index is 2.78. The molecule has 1 aromatic heterocycles. The van der Waals surface area contributed by atoms with E-state index < -0.39 is 17.9 Å². The van der Waals surface area contributed by atoms with Crippen molar-refractivity contribution in [3.05, 3.63) is 18.0 Å². The summed E-state index contributed by atoms with van der Waals surface area (Å²) in [5.74, 6) is -1.01. The van der Waals surface area contributed by atoms with Gasteiger partial charge in [0.15, 0.2) is 0 Å². The van der Waals surface area contributed by atoms with E-state index in [4.69, 9.17) is 10.5 Å². The van der Waals surface area contributed by atoms with E-state index in [-0.39, 0.29) is 5.69 Å². The molecule has 0 saturated heterocycles. The lowest BCUT2D eigenvalue weighted by atomic mass is 10.3. The van der Waals surface area contributed by atoms with Gasteiger partial charge in [0.2, 0.25) is 0 Å². The third-order valence-corrected chi connectivity index (χ3v) is 1.89. The van der Waals surface area contributed by atoms with Gasteiger partial charge >= 0.3 is 5.97 Å². The van der Waals surface area contributed by atoms with Gasteiger partial charge in [-0.1, -0.05) is 0 Å². The molecule has 1 rings (SSSR count). The van der Waals surface area contributed by atoms with Crippen molar-refractivity contribution in [1.82, 2.24) is 9.78 Å². The van der Waals surface area contributed by atoms with Gasteiger partial charge in [-0.25, -0.2) is 4.79 Å². The standard InChI is InChI=1S/C9H13N3O3/c1-3-15-9(14)6(2)12-5-4-7(11-12)8(10)13/h4-6H,3H2,1-2H3,(H2,10,13). The van der Waals surface area contributed by atoms with Crippen LogP contribution in [0.3, 0.4) is 0 Å². The Bertz CT molecular complexity index is 372. The largest absolute Gasteiger partial charge is 0.464 e. The third kappa shape index (κ3) is 2.55. The maximum atomic E-state index is 11.3. The van der Waals surface area contributed by atoms with Gasteiger partial charge in [0.25, 0.3) is 5.91 Å². The zero-order chi connectivity index (χ0) is 11.4. The third-order valence-electron chi connectivity index (χ3n) is 1.89. The Labute approximate surface area is 87.0 Å². The van der Waals surface area contributed by atoms with Gasteiger partial charge < -0.3 is 10.5 Å². The number of ether oxygens (including phenoxy) is 1. The summed E-state index contributed by atoms with van der Waals surface area (Å²) in [5, 5.41) is 3.85. The first kappa shape index (κ1) is 11.2. The fourth-order valence-corrected chi connectivity index (χ4v) is 1.06. The van der Waals surface area contributed by atoms with E-state index >= 15 is 0 Å². The van der Waals surface area contributed by atoms with Crippen LogP contribution in [0, 0.1) is 0 Å². The summed E-state index contributed by atoms with van der Waals surface area (Å²) >= 11 is 0. The number of aromatic nitrogens is 2. The molecule has 0 bridgehead atoms. The fraction of sp³-hybridized carbons (Fsp3) is 0.444. The van der Waals surface area contributed by atoms with Crippen molar-refractivity contribution in [2.45, 2.75) is 19.9 Å². The van der Waals surface area contributed by atoms with Crippen molar-refractivity contribution in [2.75, 3.05) is 6.61 Å². The predicted octanol–water partition coefficient (Wildman–Crippen LogP) is 0.106. The zero-order valence-electron chi connectivity index (χ0n) is 8.64. The molecule has 0 radical (unpaired) electrons. The summed E-state index contributed by atoms with van der Waals surface area (Å²) < 4.78 is 6.16. The Hall–Kier alpha value is -1.85. The first-order chi connectivity index (χ1) is 7.06. The molecule has 1 unspecified atom stereocenters. The number of carbonyl (C=O) groups excluding carboxylic acids is 2. The smallest absolute Gasteiger partial charge is 0.330 e. The van der Waals surface area contributed by atoms with E-state index in [1.165, 1.54) is 16.9 Å². The van der Waals surface area contributed by atoms with Crippen LogP contribution in [-0.2, 0) is 9.53 Å². The highest BCUT2D eigenvalue weighted by atomic mass is 16.5. The lowest BCUT2D eigenvalue weighted by Gasteiger charge is -2.10. The average Bonchev–Trinajstić information content (AvgIpc) is 2.65. The molecule has 0 fully saturated rings. The van der Waals surface area contributed by atoms with Crippen LogP contribution < -0.4 is 5.73 Å². The quantitative estimate of drug-likeness (QED) is 0.716. The first-order valence-corrected chi connectivity index (χ1v) is 4.57. The SMILES string of the molecule is CCOC(=O)C(C)n1ccc(C(N)=O)n1. The van der Waals surface area contributed by atoms with Crippen LogP contribution in [0.15, 0.2) is 12.3 Å². The van der Waals surface area contributed by atoms with E-state index in [1.807, 2.05) is 0 Å². The Morgan fingerprint density at radius 1 is 1.67 bits per heavy atom. The van der Waals surface area contributed by atoms with Crippen LogP contribution in [0.5, 0.6) is 0 Å². The molecule has 2 N–H and O–H groups in total. The maximum Gasteiger partial charge on any atom is 0.330 e. The number of primary amides is 1. The van der Waals surface area contributed by atoms with E-state index in [0.29, 0.717) is 6.61 Å². The molecule has 0 saturated carbocycles. The van der Waals surface area contributed by atoms with Gasteiger partial charge in [0.1, 0.15) is 11.7 Å². The number of esters is 1. The second kappa shape index (κ2) is 4.59. The van der Waals surface area contributed by atoms with Gasteiger partial charge in [-0.2, -0.15) is 5.10 Å². The highest BCUT2D eigenvalue weighted by molar-refractivity contribution is 5.90. The normalized spacial score (nSPS) is 12.1. The summed E-state index contributed by atoms with van der Waals surface area (Å²) in [6, 6.07) is 0.899. The lowest BCUT2D eigenvalue weighted by Crippen LogP contribution is -2.20. The molecule has 82 valence electrons. The number of amides is 1. The molecule has 1 aromatic rings. The van der Waals surface area contributed by atoms with Crippen molar-refractivity contribution in [1.29, 1.82) is 0 Å². The zero-order valence-corrected chi connectivity index (χ0v) is 8.64. The summed E-state index contributed by atoms with van der Waals surface area (Å²) in [6.07, 6.45) is 1.52. The molecular formula is C9H13N3O3. The molecular weight excluding hydrogens is 198 g/mol. The van der Waals surface area contributed by atoms with Crippen LogP contribution in [0.25, 0.3) is 0 Å². The molecule has 1 atom stereocenters. The molecule has 0 spiro atoms. The lowest BCUT2D eigenvalue weighted by molar-refractivity contribution is -0.146. The molecule has 0 aliphatic rings. The molecule has 1 heterocycles. The van der Waals surface area contributed by atoms with Crippen molar-refractivity contribution in [3.8, 4) is 0 Å². The minimum Gasteiger partial charge on any atom is -0.464 e. The van der Waals surface area contributed by atoms with E-state index in [1.54, 1.807) is 13.8 Å².